The zero-order chi connectivity index (χ0) is 12.4. The van der Waals surface area contributed by atoms with Gasteiger partial charge < -0.3 is 5.32 Å². The maximum atomic E-state index is 12.9. The summed E-state index contributed by atoms with van der Waals surface area (Å²) < 4.78 is 38.5. The lowest BCUT2D eigenvalue weighted by atomic mass is 10.3. The van der Waals surface area contributed by atoms with Gasteiger partial charge in [-0.1, -0.05) is 0 Å². The number of rotatable bonds is 2. The molecule has 1 heterocycles. The van der Waals surface area contributed by atoms with Crippen molar-refractivity contribution in [3.63, 3.8) is 0 Å². The zero-order valence-corrected chi connectivity index (χ0v) is 8.97. The van der Waals surface area contributed by atoms with Crippen molar-refractivity contribution in [1.82, 2.24) is 9.97 Å². The minimum absolute atomic E-state index is 0.0157. The van der Waals surface area contributed by atoms with Crippen LogP contribution in [0.25, 0.3) is 0 Å². The lowest BCUT2D eigenvalue weighted by molar-refractivity contribution is 0.448. The summed E-state index contributed by atoms with van der Waals surface area (Å²) in [5.74, 6) is -3.84. The van der Waals surface area contributed by atoms with E-state index < -0.39 is 17.5 Å². The van der Waals surface area contributed by atoms with Crippen molar-refractivity contribution in [3.05, 3.63) is 47.1 Å². The molecule has 3 nitrogen and oxygen atoms in total. The van der Waals surface area contributed by atoms with E-state index in [0.29, 0.717) is 0 Å². The summed E-state index contributed by atoms with van der Waals surface area (Å²) in [6.45, 7) is 0. The Morgan fingerprint density at radius 3 is 2.35 bits per heavy atom. The maximum Gasteiger partial charge on any atom is 0.224 e. The third-order valence-electron chi connectivity index (χ3n) is 1.88. The van der Waals surface area contributed by atoms with Crippen molar-refractivity contribution in [2.45, 2.75) is 0 Å². The van der Waals surface area contributed by atoms with E-state index >= 15 is 0 Å². The van der Waals surface area contributed by atoms with Crippen LogP contribution in [0.5, 0.6) is 0 Å². The van der Waals surface area contributed by atoms with Gasteiger partial charge in [-0.15, -0.1) is 0 Å². The number of halogens is 4. The van der Waals surface area contributed by atoms with Crippen LogP contribution in [0.3, 0.4) is 0 Å². The molecule has 0 bridgehead atoms. The first-order valence-electron chi connectivity index (χ1n) is 4.46. The highest BCUT2D eigenvalue weighted by Crippen LogP contribution is 2.20. The van der Waals surface area contributed by atoms with E-state index in [0.717, 1.165) is 12.1 Å². The van der Waals surface area contributed by atoms with Crippen LogP contribution in [0.4, 0.5) is 24.7 Å². The molecule has 0 aliphatic rings. The molecule has 88 valence electrons. The van der Waals surface area contributed by atoms with Gasteiger partial charge in [-0.25, -0.2) is 23.1 Å². The van der Waals surface area contributed by atoms with E-state index in [-0.39, 0.29) is 16.8 Å². The Morgan fingerprint density at radius 1 is 1.12 bits per heavy atom. The summed E-state index contributed by atoms with van der Waals surface area (Å²) in [4.78, 5) is 7.39. The molecule has 2 aromatic rings. The smallest absolute Gasteiger partial charge is 0.224 e. The fourth-order valence-electron chi connectivity index (χ4n) is 1.18. The summed E-state index contributed by atoms with van der Waals surface area (Å²) in [5.41, 5.74) is 0.0242. The van der Waals surface area contributed by atoms with Crippen molar-refractivity contribution in [2.75, 3.05) is 5.32 Å². The molecular weight excluding hydrogens is 255 g/mol. The standard InChI is InChI=1S/C10H5ClF3N3/c11-10-15-2-1-8(17-10)16-5-3-6(12)9(14)7(13)4-5/h1-4H,(H,15,16,17). The lowest BCUT2D eigenvalue weighted by Crippen LogP contribution is -1.98. The predicted molar refractivity (Wildman–Crippen MR) is 56.6 cm³/mol. The fraction of sp³-hybridized carbons (Fsp3) is 0. The molecule has 0 saturated carbocycles. The average molecular weight is 260 g/mol. The van der Waals surface area contributed by atoms with Gasteiger partial charge in [0.1, 0.15) is 5.82 Å². The molecule has 0 unspecified atom stereocenters. The molecule has 1 N–H and O–H groups in total. The summed E-state index contributed by atoms with van der Waals surface area (Å²) in [7, 11) is 0. The average Bonchev–Trinajstić information content (AvgIpc) is 2.26. The minimum Gasteiger partial charge on any atom is -0.340 e. The second kappa shape index (κ2) is 4.58. The van der Waals surface area contributed by atoms with E-state index in [2.05, 4.69) is 15.3 Å². The van der Waals surface area contributed by atoms with Gasteiger partial charge in [0, 0.05) is 24.0 Å². The van der Waals surface area contributed by atoms with Gasteiger partial charge in [0.15, 0.2) is 17.5 Å². The summed E-state index contributed by atoms with van der Waals surface area (Å²) >= 11 is 5.53. The van der Waals surface area contributed by atoms with E-state index in [1.165, 1.54) is 12.3 Å². The number of nitrogens with zero attached hydrogens (tertiary/aromatic N) is 2. The molecule has 0 fully saturated rings. The highest BCUT2D eigenvalue weighted by Gasteiger charge is 2.10. The maximum absolute atomic E-state index is 12.9. The van der Waals surface area contributed by atoms with Gasteiger partial charge in [0.25, 0.3) is 0 Å². The largest absolute Gasteiger partial charge is 0.340 e. The van der Waals surface area contributed by atoms with Gasteiger partial charge in [0.05, 0.1) is 0 Å². The number of hydrogen-bond donors (Lipinski definition) is 1. The van der Waals surface area contributed by atoms with Gasteiger partial charge in [-0.3, -0.25) is 0 Å². The molecule has 2 rings (SSSR count). The molecule has 0 spiro atoms. The molecule has 0 amide bonds. The van der Waals surface area contributed by atoms with Gasteiger partial charge in [-0.2, -0.15) is 0 Å². The van der Waals surface area contributed by atoms with Crippen molar-refractivity contribution < 1.29 is 13.2 Å². The predicted octanol–water partition coefficient (Wildman–Crippen LogP) is 3.29. The van der Waals surface area contributed by atoms with Crippen molar-refractivity contribution in [1.29, 1.82) is 0 Å². The summed E-state index contributed by atoms with van der Waals surface area (Å²) in [6, 6.07) is 3.08. The molecular formula is C10H5ClF3N3. The molecule has 0 atom stereocenters. The van der Waals surface area contributed by atoms with Crippen LogP contribution >= 0.6 is 11.6 Å². The molecule has 1 aromatic heterocycles. The van der Waals surface area contributed by atoms with Gasteiger partial charge in [-0.05, 0) is 17.7 Å². The summed E-state index contributed by atoms with van der Waals surface area (Å²) in [6.07, 6.45) is 1.37. The topological polar surface area (TPSA) is 37.8 Å². The molecule has 0 radical (unpaired) electrons. The van der Waals surface area contributed by atoms with Crippen LogP contribution in [0.2, 0.25) is 5.28 Å². The quantitative estimate of drug-likeness (QED) is 0.664. The second-order valence-corrected chi connectivity index (χ2v) is 3.43. The van der Waals surface area contributed by atoms with Crippen molar-refractivity contribution >= 4 is 23.1 Å². The van der Waals surface area contributed by atoms with Crippen LogP contribution in [0.15, 0.2) is 24.4 Å². The Hall–Kier alpha value is -1.82. The molecule has 1 aromatic carbocycles. The van der Waals surface area contributed by atoms with Crippen LogP contribution in [-0.4, -0.2) is 9.97 Å². The minimum atomic E-state index is -1.52. The van der Waals surface area contributed by atoms with E-state index in [1.807, 2.05) is 0 Å². The van der Waals surface area contributed by atoms with Crippen molar-refractivity contribution in [3.8, 4) is 0 Å². The Kier molecular flexibility index (Phi) is 3.14. The zero-order valence-electron chi connectivity index (χ0n) is 8.22. The first-order chi connectivity index (χ1) is 8.06. The van der Waals surface area contributed by atoms with Crippen LogP contribution < -0.4 is 5.32 Å². The Labute approximate surface area is 99.3 Å². The summed E-state index contributed by atoms with van der Waals surface area (Å²) in [5, 5.41) is 2.56. The van der Waals surface area contributed by atoms with E-state index in [9.17, 15) is 13.2 Å². The molecule has 0 aliphatic heterocycles. The molecule has 0 saturated heterocycles. The van der Waals surface area contributed by atoms with Crippen LogP contribution in [0, 0.1) is 17.5 Å². The Bertz CT molecular complexity index is 539. The second-order valence-electron chi connectivity index (χ2n) is 3.09. The van der Waals surface area contributed by atoms with E-state index in [1.54, 1.807) is 0 Å². The number of anilines is 2. The highest BCUT2D eigenvalue weighted by atomic mass is 35.5. The fourth-order valence-corrected chi connectivity index (χ4v) is 1.33. The molecule has 17 heavy (non-hydrogen) atoms. The third-order valence-corrected chi connectivity index (χ3v) is 2.06. The Balaban J connectivity index is 2.31. The van der Waals surface area contributed by atoms with Gasteiger partial charge >= 0.3 is 0 Å². The highest BCUT2D eigenvalue weighted by molar-refractivity contribution is 6.28. The Morgan fingerprint density at radius 2 is 1.76 bits per heavy atom. The normalized spacial score (nSPS) is 10.4. The molecule has 7 heteroatoms. The molecule has 0 aliphatic carbocycles. The van der Waals surface area contributed by atoms with Crippen molar-refractivity contribution in [2.24, 2.45) is 0 Å². The number of aromatic nitrogens is 2. The number of benzene rings is 1. The third kappa shape index (κ3) is 2.65. The SMILES string of the molecule is Fc1cc(Nc2ccnc(Cl)n2)cc(F)c1F. The van der Waals surface area contributed by atoms with Crippen LogP contribution in [0.1, 0.15) is 0 Å². The first kappa shape index (κ1) is 11.7. The lowest BCUT2D eigenvalue weighted by Gasteiger charge is -2.06. The van der Waals surface area contributed by atoms with E-state index in [4.69, 9.17) is 11.6 Å². The first-order valence-corrected chi connectivity index (χ1v) is 4.84. The van der Waals surface area contributed by atoms with Crippen LogP contribution in [-0.2, 0) is 0 Å². The number of hydrogen-bond acceptors (Lipinski definition) is 3. The van der Waals surface area contributed by atoms with Gasteiger partial charge in [0.2, 0.25) is 5.28 Å². The monoisotopic (exact) mass is 259 g/mol. The number of nitrogens with one attached hydrogen (secondary N) is 1.